The van der Waals surface area contributed by atoms with Gasteiger partial charge >= 0.3 is 5.97 Å². The number of nitrogens with one attached hydrogen (secondary N) is 1. The molecule has 0 fully saturated rings. The molecule has 3 heteroatoms. The molecule has 0 spiro atoms. The number of carbonyl (C=O) groups is 1. The lowest BCUT2D eigenvalue weighted by molar-refractivity contribution is -0.145. The Labute approximate surface area is 126 Å². The Kier molecular flexibility index (Phi) is 5.98. The van der Waals surface area contributed by atoms with Gasteiger partial charge in [-0.15, -0.1) is 0 Å². The maximum atomic E-state index is 11.9. The Hall–Kier alpha value is -2.13. The summed E-state index contributed by atoms with van der Waals surface area (Å²) in [5, 5.41) is 3.34. The van der Waals surface area contributed by atoms with Crippen LogP contribution in [-0.4, -0.2) is 19.6 Å². The average Bonchev–Trinajstić information content (AvgIpc) is 2.55. The fraction of sp³-hybridized carbons (Fsp3) is 0.278. The van der Waals surface area contributed by atoms with Crippen molar-refractivity contribution >= 4 is 5.97 Å². The molecule has 0 saturated carbocycles. The van der Waals surface area contributed by atoms with E-state index in [4.69, 9.17) is 4.74 Å². The number of methoxy groups -OCH3 is 1. The van der Waals surface area contributed by atoms with Gasteiger partial charge in [0, 0.05) is 13.1 Å². The smallest absolute Gasteiger partial charge is 0.310 e. The molecule has 0 aromatic heterocycles. The van der Waals surface area contributed by atoms with Gasteiger partial charge in [0.25, 0.3) is 0 Å². The SMILES string of the molecule is COC(=O)[C@H](CNCc1ccccc1)Cc1ccccc1. The quantitative estimate of drug-likeness (QED) is 0.794. The lowest BCUT2D eigenvalue weighted by atomic mass is 9.99. The lowest BCUT2D eigenvalue weighted by Gasteiger charge is -2.15. The molecule has 1 N–H and O–H groups in total. The molecule has 0 heterocycles. The fourth-order valence-corrected chi connectivity index (χ4v) is 2.29. The third kappa shape index (κ3) is 5.04. The van der Waals surface area contributed by atoms with Gasteiger partial charge in [-0.05, 0) is 17.5 Å². The maximum Gasteiger partial charge on any atom is 0.310 e. The molecule has 21 heavy (non-hydrogen) atoms. The Morgan fingerprint density at radius 3 is 2.14 bits per heavy atom. The van der Waals surface area contributed by atoms with Crippen molar-refractivity contribution in [3.05, 3.63) is 71.8 Å². The summed E-state index contributed by atoms with van der Waals surface area (Å²) in [6, 6.07) is 20.2. The molecule has 0 radical (unpaired) electrons. The van der Waals surface area contributed by atoms with Crippen LogP contribution in [0.15, 0.2) is 60.7 Å². The minimum atomic E-state index is -0.167. The molecule has 0 amide bonds. The van der Waals surface area contributed by atoms with Gasteiger partial charge in [0.15, 0.2) is 0 Å². The Morgan fingerprint density at radius 2 is 1.57 bits per heavy atom. The second kappa shape index (κ2) is 8.22. The Balaban J connectivity index is 1.89. The Morgan fingerprint density at radius 1 is 1.00 bits per heavy atom. The molecular weight excluding hydrogens is 262 g/mol. The molecule has 0 aliphatic carbocycles. The van der Waals surface area contributed by atoms with Crippen LogP contribution in [0.1, 0.15) is 11.1 Å². The van der Waals surface area contributed by atoms with Crippen LogP contribution in [0.2, 0.25) is 0 Å². The summed E-state index contributed by atoms with van der Waals surface area (Å²) in [6.45, 7) is 1.36. The predicted octanol–water partition coefficient (Wildman–Crippen LogP) is 2.81. The minimum absolute atomic E-state index is 0.166. The van der Waals surface area contributed by atoms with E-state index in [9.17, 15) is 4.79 Å². The second-order valence-electron chi connectivity index (χ2n) is 5.03. The molecular formula is C18H21NO2. The molecule has 0 unspecified atom stereocenters. The van der Waals surface area contributed by atoms with E-state index in [1.807, 2.05) is 48.5 Å². The number of carbonyl (C=O) groups excluding carboxylic acids is 1. The van der Waals surface area contributed by atoms with Crippen molar-refractivity contribution in [2.24, 2.45) is 5.92 Å². The highest BCUT2D eigenvalue weighted by Crippen LogP contribution is 2.10. The van der Waals surface area contributed by atoms with Gasteiger partial charge in [-0.3, -0.25) is 4.79 Å². The molecule has 0 aliphatic heterocycles. The first kappa shape index (κ1) is 15.3. The maximum absolute atomic E-state index is 11.9. The van der Waals surface area contributed by atoms with E-state index in [1.54, 1.807) is 0 Å². The number of hydrogen-bond donors (Lipinski definition) is 1. The van der Waals surface area contributed by atoms with Crippen LogP contribution in [0.3, 0.4) is 0 Å². The van der Waals surface area contributed by atoms with Crippen molar-refractivity contribution in [2.45, 2.75) is 13.0 Å². The van der Waals surface area contributed by atoms with Crippen LogP contribution in [0.4, 0.5) is 0 Å². The standard InChI is InChI=1S/C18H21NO2/c1-21-18(20)17(12-15-8-4-2-5-9-15)14-19-13-16-10-6-3-7-11-16/h2-11,17,19H,12-14H2,1H3/t17-/m0/s1. The van der Waals surface area contributed by atoms with Gasteiger partial charge in [0.05, 0.1) is 13.0 Å². The van der Waals surface area contributed by atoms with Gasteiger partial charge in [0.1, 0.15) is 0 Å². The minimum Gasteiger partial charge on any atom is -0.469 e. The number of ether oxygens (including phenoxy) is 1. The number of rotatable bonds is 7. The zero-order valence-electron chi connectivity index (χ0n) is 12.3. The molecule has 1 atom stereocenters. The van der Waals surface area contributed by atoms with Gasteiger partial charge in [-0.1, -0.05) is 60.7 Å². The molecule has 0 aliphatic rings. The van der Waals surface area contributed by atoms with Crippen LogP contribution >= 0.6 is 0 Å². The second-order valence-corrected chi connectivity index (χ2v) is 5.03. The molecule has 2 rings (SSSR count). The van der Waals surface area contributed by atoms with Crippen LogP contribution < -0.4 is 5.32 Å². The largest absolute Gasteiger partial charge is 0.469 e. The summed E-state index contributed by atoms with van der Waals surface area (Å²) in [7, 11) is 1.44. The highest BCUT2D eigenvalue weighted by Gasteiger charge is 2.19. The zero-order valence-corrected chi connectivity index (χ0v) is 12.3. The van der Waals surface area contributed by atoms with Crippen LogP contribution in [0.5, 0.6) is 0 Å². The first-order valence-corrected chi connectivity index (χ1v) is 7.16. The number of benzene rings is 2. The van der Waals surface area contributed by atoms with Crippen molar-refractivity contribution in [3.8, 4) is 0 Å². The van der Waals surface area contributed by atoms with E-state index in [0.717, 1.165) is 12.1 Å². The summed E-state index contributed by atoms with van der Waals surface area (Å²) >= 11 is 0. The third-order valence-corrected chi connectivity index (χ3v) is 3.42. The molecule has 110 valence electrons. The Bertz CT molecular complexity index is 540. The van der Waals surface area contributed by atoms with E-state index in [2.05, 4.69) is 17.4 Å². The fourth-order valence-electron chi connectivity index (χ4n) is 2.29. The number of hydrogen-bond acceptors (Lipinski definition) is 3. The van der Waals surface area contributed by atoms with Crippen molar-refractivity contribution in [1.29, 1.82) is 0 Å². The summed E-state index contributed by atoms with van der Waals surface area (Å²) in [6.07, 6.45) is 0.690. The van der Waals surface area contributed by atoms with Gasteiger partial charge in [-0.25, -0.2) is 0 Å². The van der Waals surface area contributed by atoms with E-state index >= 15 is 0 Å². The summed E-state index contributed by atoms with van der Waals surface area (Å²) in [4.78, 5) is 11.9. The predicted molar refractivity (Wildman–Crippen MR) is 83.8 cm³/mol. The van der Waals surface area contributed by atoms with Crippen molar-refractivity contribution in [1.82, 2.24) is 5.32 Å². The van der Waals surface area contributed by atoms with Gasteiger partial charge in [0.2, 0.25) is 0 Å². The van der Waals surface area contributed by atoms with Crippen LogP contribution in [-0.2, 0) is 22.5 Å². The van der Waals surface area contributed by atoms with E-state index in [1.165, 1.54) is 12.7 Å². The number of esters is 1. The molecule has 3 nitrogen and oxygen atoms in total. The molecule has 2 aromatic carbocycles. The highest BCUT2D eigenvalue weighted by atomic mass is 16.5. The molecule has 0 saturated heterocycles. The summed E-state index contributed by atoms with van der Waals surface area (Å²) in [5.41, 5.74) is 2.36. The summed E-state index contributed by atoms with van der Waals surface area (Å²) < 4.78 is 4.91. The molecule has 0 bridgehead atoms. The van der Waals surface area contributed by atoms with E-state index < -0.39 is 0 Å². The van der Waals surface area contributed by atoms with Crippen molar-refractivity contribution in [3.63, 3.8) is 0 Å². The monoisotopic (exact) mass is 283 g/mol. The van der Waals surface area contributed by atoms with Crippen LogP contribution in [0, 0.1) is 5.92 Å². The first-order chi connectivity index (χ1) is 10.3. The van der Waals surface area contributed by atoms with E-state index in [-0.39, 0.29) is 11.9 Å². The zero-order chi connectivity index (χ0) is 14.9. The van der Waals surface area contributed by atoms with Gasteiger partial charge < -0.3 is 10.1 Å². The third-order valence-electron chi connectivity index (χ3n) is 3.42. The summed E-state index contributed by atoms with van der Waals surface area (Å²) in [5.74, 6) is -0.333. The first-order valence-electron chi connectivity index (χ1n) is 7.16. The van der Waals surface area contributed by atoms with E-state index in [0.29, 0.717) is 13.0 Å². The highest BCUT2D eigenvalue weighted by molar-refractivity contribution is 5.72. The van der Waals surface area contributed by atoms with Crippen LogP contribution in [0.25, 0.3) is 0 Å². The lowest BCUT2D eigenvalue weighted by Crippen LogP contribution is -2.30. The normalized spacial score (nSPS) is 11.9. The van der Waals surface area contributed by atoms with Crippen molar-refractivity contribution in [2.75, 3.05) is 13.7 Å². The average molecular weight is 283 g/mol. The topological polar surface area (TPSA) is 38.3 Å². The molecule has 2 aromatic rings. The van der Waals surface area contributed by atoms with Gasteiger partial charge in [-0.2, -0.15) is 0 Å². The van der Waals surface area contributed by atoms with Crippen molar-refractivity contribution < 1.29 is 9.53 Å².